The van der Waals surface area contributed by atoms with E-state index in [0.717, 1.165) is 4.57 Å². The molecule has 10 nitrogen and oxygen atoms in total. The summed E-state index contributed by atoms with van der Waals surface area (Å²) in [4.78, 5) is 45.3. The molecular weight excluding hydrogens is 499 g/mol. The summed E-state index contributed by atoms with van der Waals surface area (Å²) in [5.74, 6) is -0.393. The fraction of sp³-hybridized carbons (Fsp3) is 0.400. The average Bonchev–Trinajstić information content (AvgIpc) is 3.46. The van der Waals surface area contributed by atoms with Gasteiger partial charge < -0.3 is 10.1 Å². The van der Waals surface area contributed by atoms with Gasteiger partial charge in [0.2, 0.25) is 5.91 Å². The number of methoxy groups -OCH3 is 1. The summed E-state index contributed by atoms with van der Waals surface area (Å²) in [6, 6.07) is 4.00. The summed E-state index contributed by atoms with van der Waals surface area (Å²) < 4.78 is 23.4. The lowest BCUT2D eigenvalue weighted by Crippen LogP contribution is -2.56. The zero-order valence-corrected chi connectivity index (χ0v) is 22.4. The molecule has 0 unspecified atom stereocenters. The van der Waals surface area contributed by atoms with Crippen molar-refractivity contribution < 1.29 is 13.9 Å². The van der Waals surface area contributed by atoms with Crippen LogP contribution in [0.25, 0.3) is 15.2 Å². The number of thiophene rings is 1. The third-order valence-electron chi connectivity index (χ3n) is 6.20. The first-order valence-corrected chi connectivity index (χ1v) is 12.6. The van der Waals surface area contributed by atoms with E-state index in [4.69, 9.17) is 4.74 Å². The van der Waals surface area contributed by atoms with Gasteiger partial charge in [-0.1, -0.05) is 11.3 Å². The molecule has 0 bridgehead atoms. The van der Waals surface area contributed by atoms with Crippen molar-refractivity contribution in [2.45, 2.75) is 59.2 Å². The Bertz CT molecular complexity index is 1580. The van der Waals surface area contributed by atoms with Crippen molar-refractivity contribution in [3.8, 4) is 10.8 Å². The van der Waals surface area contributed by atoms with Crippen molar-refractivity contribution in [1.29, 1.82) is 0 Å². The maximum absolute atomic E-state index is 14.0. The summed E-state index contributed by atoms with van der Waals surface area (Å²) >= 11 is 1.23. The van der Waals surface area contributed by atoms with Crippen LogP contribution >= 0.6 is 11.3 Å². The summed E-state index contributed by atoms with van der Waals surface area (Å²) in [6.45, 7) is 8.58. The van der Waals surface area contributed by atoms with Crippen molar-refractivity contribution in [2.75, 3.05) is 7.11 Å². The molecular formula is C25H29FN6O4S. The van der Waals surface area contributed by atoms with Gasteiger partial charge in [-0.2, -0.15) is 5.10 Å². The predicted octanol–water partition coefficient (Wildman–Crippen LogP) is 2.76. The van der Waals surface area contributed by atoms with Gasteiger partial charge in [0.15, 0.2) is 0 Å². The second-order valence-corrected chi connectivity index (χ2v) is 10.5. The number of hydrogen-bond donors (Lipinski definition) is 1. The van der Waals surface area contributed by atoms with Crippen LogP contribution in [0, 0.1) is 12.7 Å². The number of carbonyl (C=O) groups excluding carboxylic acids is 1. The number of ether oxygens (including phenoxy) is 1. The highest BCUT2D eigenvalue weighted by Gasteiger charge is 2.35. The van der Waals surface area contributed by atoms with Crippen LogP contribution in [0.4, 0.5) is 4.39 Å². The number of fused-ring (bicyclic) bond motifs is 1. The lowest BCUT2D eigenvalue weighted by atomic mass is 10.0. The van der Waals surface area contributed by atoms with Gasteiger partial charge >= 0.3 is 5.69 Å². The van der Waals surface area contributed by atoms with E-state index in [9.17, 15) is 18.8 Å². The lowest BCUT2D eigenvalue weighted by Gasteiger charge is -2.27. The number of rotatable bonds is 8. The van der Waals surface area contributed by atoms with E-state index < -0.39 is 28.5 Å². The largest absolute Gasteiger partial charge is 0.496 e. The van der Waals surface area contributed by atoms with Crippen molar-refractivity contribution in [3.05, 3.63) is 68.6 Å². The number of carbonyl (C=O) groups is 1. The smallest absolute Gasteiger partial charge is 0.333 e. The zero-order chi connectivity index (χ0) is 27.1. The predicted molar refractivity (Wildman–Crippen MR) is 139 cm³/mol. The molecule has 0 aliphatic heterocycles. The molecule has 0 fully saturated rings. The molecule has 0 radical (unpaired) electrons. The minimum Gasteiger partial charge on any atom is -0.496 e. The molecule has 37 heavy (non-hydrogen) atoms. The molecule has 3 heterocycles. The molecule has 0 saturated heterocycles. The minimum absolute atomic E-state index is 0.119. The monoisotopic (exact) mass is 528 g/mol. The van der Waals surface area contributed by atoms with Crippen molar-refractivity contribution >= 4 is 27.5 Å². The standard InChI is InChI=1S/C25H29FN6O4S/c1-14(2)29-23(34)25(4,5)32-20(33)19-15(3)21(31-13-27-12-28-31)37-22(19)30(24(32)35)10-9-16-11-17(26)7-8-18(16)36-6/h7-8,11-14H,9-10H2,1-6H3,(H,29,34). The van der Waals surface area contributed by atoms with Crippen LogP contribution in [-0.4, -0.2) is 43.0 Å². The Labute approximate surface area is 216 Å². The zero-order valence-electron chi connectivity index (χ0n) is 21.5. The average molecular weight is 529 g/mol. The highest BCUT2D eigenvalue weighted by molar-refractivity contribution is 7.21. The number of nitrogens with one attached hydrogen (secondary N) is 1. The summed E-state index contributed by atoms with van der Waals surface area (Å²) in [5.41, 5.74) is -1.50. The molecule has 0 atom stereocenters. The van der Waals surface area contributed by atoms with Gasteiger partial charge in [0.25, 0.3) is 5.56 Å². The van der Waals surface area contributed by atoms with Crippen LogP contribution < -0.4 is 21.3 Å². The van der Waals surface area contributed by atoms with Crippen LogP contribution in [0.1, 0.15) is 38.8 Å². The number of amides is 1. The molecule has 4 rings (SSSR count). The summed E-state index contributed by atoms with van der Waals surface area (Å²) in [7, 11) is 1.49. The molecule has 0 aliphatic carbocycles. The first-order chi connectivity index (χ1) is 17.5. The van der Waals surface area contributed by atoms with E-state index in [1.165, 1.54) is 58.5 Å². The second kappa shape index (κ2) is 9.92. The first-order valence-electron chi connectivity index (χ1n) is 11.7. The molecule has 3 aromatic heterocycles. The number of aromatic nitrogens is 5. The Morgan fingerprint density at radius 1 is 1.27 bits per heavy atom. The molecule has 4 aromatic rings. The van der Waals surface area contributed by atoms with Crippen LogP contribution in [0.2, 0.25) is 0 Å². The molecule has 1 aromatic carbocycles. The molecule has 12 heteroatoms. The number of aryl methyl sites for hydroxylation is 3. The van der Waals surface area contributed by atoms with E-state index in [2.05, 4.69) is 15.4 Å². The Hall–Kier alpha value is -3.80. The third kappa shape index (κ3) is 4.68. The second-order valence-electron chi connectivity index (χ2n) is 9.52. The number of halogens is 1. The maximum Gasteiger partial charge on any atom is 0.333 e. The summed E-state index contributed by atoms with van der Waals surface area (Å²) in [6.07, 6.45) is 3.14. The topological polar surface area (TPSA) is 113 Å². The Morgan fingerprint density at radius 3 is 2.62 bits per heavy atom. The van der Waals surface area contributed by atoms with E-state index in [0.29, 0.717) is 32.1 Å². The van der Waals surface area contributed by atoms with Gasteiger partial charge in [0.05, 0.1) is 12.5 Å². The third-order valence-corrected chi connectivity index (χ3v) is 7.50. The Kier molecular flexibility index (Phi) is 7.05. The first kappa shape index (κ1) is 26.3. The minimum atomic E-state index is -1.48. The van der Waals surface area contributed by atoms with Gasteiger partial charge in [-0.3, -0.25) is 14.2 Å². The van der Waals surface area contributed by atoms with Crippen LogP contribution in [0.5, 0.6) is 5.75 Å². The van der Waals surface area contributed by atoms with Gasteiger partial charge in [-0.25, -0.2) is 23.4 Å². The van der Waals surface area contributed by atoms with E-state index in [-0.39, 0.29) is 19.0 Å². The Morgan fingerprint density at radius 2 is 2.00 bits per heavy atom. The molecule has 0 spiro atoms. The lowest BCUT2D eigenvalue weighted by molar-refractivity contribution is -0.129. The van der Waals surface area contributed by atoms with Gasteiger partial charge in [0.1, 0.15) is 39.6 Å². The number of nitrogens with zero attached hydrogens (tertiary/aromatic N) is 5. The van der Waals surface area contributed by atoms with Gasteiger partial charge in [0, 0.05) is 18.2 Å². The molecule has 0 aliphatic rings. The van der Waals surface area contributed by atoms with Crippen molar-refractivity contribution in [3.63, 3.8) is 0 Å². The number of hydrogen-bond acceptors (Lipinski definition) is 7. The van der Waals surface area contributed by atoms with Crippen molar-refractivity contribution in [2.24, 2.45) is 0 Å². The highest BCUT2D eigenvalue weighted by atomic mass is 32.1. The maximum atomic E-state index is 14.0. The molecule has 1 amide bonds. The van der Waals surface area contributed by atoms with Crippen molar-refractivity contribution in [1.82, 2.24) is 29.2 Å². The fourth-order valence-electron chi connectivity index (χ4n) is 4.27. The van der Waals surface area contributed by atoms with E-state index in [1.54, 1.807) is 34.6 Å². The van der Waals surface area contributed by atoms with Gasteiger partial charge in [-0.05, 0) is 64.8 Å². The Balaban J connectivity index is 1.97. The highest BCUT2D eigenvalue weighted by Crippen LogP contribution is 2.31. The van der Waals surface area contributed by atoms with E-state index in [1.807, 2.05) is 0 Å². The molecule has 196 valence electrons. The van der Waals surface area contributed by atoms with Crippen LogP contribution in [0.15, 0.2) is 40.4 Å². The fourth-order valence-corrected chi connectivity index (χ4v) is 5.52. The molecule has 0 saturated carbocycles. The SMILES string of the molecule is COc1ccc(F)cc1CCn1c(=O)n(C(C)(C)C(=O)NC(C)C)c(=O)c2c(C)c(-n3cncn3)sc21. The summed E-state index contributed by atoms with van der Waals surface area (Å²) in [5, 5.41) is 7.92. The molecule has 1 N–H and O–H groups in total. The quantitative estimate of drug-likeness (QED) is 0.376. The normalized spacial score (nSPS) is 11.9. The van der Waals surface area contributed by atoms with Crippen LogP contribution in [-0.2, 0) is 23.3 Å². The van der Waals surface area contributed by atoms with E-state index >= 15 is 0 Å². The van der Waals surface area contributed by atoms with Crippen LogP contribution in [0.3, 0.4) is 0 Å². The van der Waals surface area contributed by atoms with Gasteiger partial charge in [-0.15, -0.1) is 0 Å². The number of benzene rings is 1.